The molecule has 2 nitrogen and oxygen atoms in total. The Labute approximate surface area is 100 Å². The second-order valence-electron chi connectivity index (χ2n) is 3.34. The van der Waals surface area contributed by atoms with Crippen LogP contribution >= 0.6 is 22.9 Å². The van der Waals surface area contributed by atoms with Crippen LogP contribution < -0.4 is 0 Å². The SMILES string of the molecule is CCN(CCCC#N)Cc1ccc(Cl)s1. The molecule has 0 aliphatic carbocycles. The largest absolute Gasteiger partial charge is 0.299 e. The molecule has 82 valence electrons. The summed E-state index contributed by atoms with van der Waals surface area (Å²) in [5.41, 5.74) is 0. The Morgan fingerprint density at radius 1 is 1.53 bits per heavy atom. The molecule has 0 fully saturated rings. The molecule has 0 saturated carbocycles. The van der Waals surface area contributed by atoms with Crippen molar-refractivity contribution in [3.63, 3.8) is 0 Å². The molecular weight excluding hydrogens is 228 g/mol. The van der Waals surface area contributed by atoms with E-state index in [2.05, 4.69) is 24.0 Å². The maximum absolute atomic E-state index is 8.46. The lowest BCUT2D eigenvalue weighted by Crippen LogP contribution is -2.23. The molecule has 1 heterocycles. The van der Waals surface area contributed by atoms with Gasteiger partial charge in [-0.1, -0.05) is 18.5 Å². The second-order valence-corrected chi connectivity index (χ2v) is 5.14. The minimum Gasteiger partial charge on any atom is -0.299 e. The number of nitriles is 1. The van der Waals surface area contributed by atoms with E-state index in [0.29, 0.717) is 6.42 Å². The Kier molecular flexibility index (Phi) is 5.70. The lowest BCUT2D eigenvalue weighted by Gasteiger charge is -2.18. The van der Waals surface area contributed by atoms with Crippen molar-refractivity contribution < 1.29 is 0 Å². The van der Waals surface area contributed by atoms with Gasteiger partial charge in [0.1, 0.15) is 0 Å². The van der Waals surface area contributed by atoms with Crippen molar-refractivity contribution in [1.29, 1.82) is 5.26 Å². The molecule has 0 aromatic carbocycles. The summed E-state index contributed by atoms with van der Waals surface area (Å²) in [6.07, 6.45) is 1.59. The zero-order valence-electron chi connectivity index (χ0n) is 8.87. The summed E-state index contributed by atoms with van der Waals surface area (Å²) < 4.78 is 0.845. The molecular formula is C11H15ClN2S. The average Bonchev–Trinajstić information content (AvgIpc) is 2.63. The van der Waals surface area contributed by atoms with Gasteiger partial charge in [-0.2, -0.15) is 5.26 Å². The highest BCUT2D eigenvalue weighted by Gasteiger charge is 2.05. The summed E-state index contributed by atoms with van der Waals surface area (Å²) in [6, 6.07) is 6.17. The molecule has 0 unspecified atom stereocenters. The molecule has 0 bridgehead atoms. The van der Waals surface area contributed by atoms with E-state index in [-0.39, 0.29) is 0 Å². The van der Waals surface area contributed by atoms with Crippen LogP contribution in [-0.4, -0.2) is 18.0 Å². The van der Waals surface area contributed by atoms with Crippen LogP contribution in [0.15, 0.2) is 12.1 Å². The average molecular weight is 243 g/mol. The monoisotopic (exact) mass is 242 g/mol. The molecule has 1 aromatic heterocycles. The molecule has 0 N–H and O–H groups in total. The van der Waals surface area contributed by atoms with E-state index >= 15 is 0 Å². The van der Waals surface area contributed by atoms with Crippen LogP contribution in [0.1, 0.15) is 24.6 Å². The first kappa shape index (κ1) is 12.5. The fraction of sp³-hybridized carbons (Fsp3) is 0.545. The summed E-state index contributed by atoms with van der Waals surface area (Å²) in [5.74, 6) is 0. The highest BCUT2D eigenvalue weighted by molar-refractivity contribution is 7.16. The van der Waals surface area contributed by atoms with Crippen LogP contribution in [0.4, 0.5) is 0 Å². The van der Waals surface area contributed by atoms with E-state index in [4.69, 9.17) is 16.9 Å². The Morgan fingerprint density at radius 3 is 2.87 bits per heavy atom. The number of hydrogen-bond acceptors (Lipinski definition) is 3. The van der Waals surface area contributed by atoms with Gasteiger partial charge in [0.25, 0.3) is 0 Å². The van der Waals surface area contributed by atoms with Crippen molar-refractivity contribution >= 4 is 22.9 Å². The lowest BCUT2D eigenvalue weighted by molar-refractivity contribution is 0.280. The quantitative estimate of drug-likeness (QED) is 0.714. The smallest absolute Gasteiger partial charge is 0.0931 e. The summed E-state index contributed by atoms with van der Waals surface area (Å²) in [5, 5.41) is 8.46. The maximum Gasteiger partial charge on any atom is 0.0931 e. The van der Waals surface area contributed by atoms with Crippen LogP contribution in [0.5, 0.6) is 0 Å². The second kappa shape index (κ2) is 6.84. The van der Waals surface area contributed by atoms with E-state index in [1.807, 2.05) is 6.07 Å². The van der Waals surface area contributed by atoms with E-state index in [1.54, 1.807) is 11.3 Å². The molecule has 1 rings (SSSR count). The van der Waals surface area contributed by atoms with Crippen molar-refractivity contribution in [2.75, 3.05) is 13.1 Å². The van der Waals surface area contributed by atoms with Gasteiger partial charge in [-0.3, -0.25) is 4.90 Å². The van der Waals surface area contributed by atoms with Crippen molar-refractivity contribution in [2.24, 2.45) is 0 Å². The van der Waals surface area contributed by atoms with Gasteiger partial charge < -0.3 is 0 Å². The molecule has 4 heteroatoms. The van der Waals surface area contributed by atoms with Crippen LogP contribution in [-0.2, 0) is 6.54 Å². The van der Waals surface area contributed by atoms with Gasteiger partial charge in [0, 0.05) is 17.8 Å². The predicted octanol–water partition coefficient (Wildman–Crippen LogP) is 3.53. The molecule has 0 radical (unpaired) electrons. The van der Waals surface area contributed by atoms with Crippen LogP contribution in [0.25, 0.3) is 0 Å². The Morgan fingerprint density at radius 2 is 2.33 bits per heavy atom. The van der Waals surface area contributed by atoms with Gasteiger partial charge in [0.15, 0.2) is 0 Å². The van der Waals surface area contributed by atoms with Gasteiger partial charge in [0.2, 0.25) is 0 Å². The first-order chi connectivity index (χ1) is 7.26. The van der Waals surface area contributed by atoms with E-state index in [1.165, 1.54) is 4.88 Å². The zero-order valence-corrected chi connectivity index (χ0v) is 10.4. The molecule has 1 aromatic rings. The minimum absolute atomic E-state index is 0.641. The van der Waals surface area contributed by atoms with E-state index in [9.17, 15) is 0 Å². The first-order valence-electron chi connectivity index (χ1n) is 5.09. The Bertz CT molecular complexity index is 330. The first-order valence-corrected chi connectivity index (χ1v) is 6.29. The zero-order chi connectivity index (χ0) is 11.1. The van der Waals surface area contributed by atoms with Gasteiger partial charge in [0.05, 0.1) is 10.4 Å². The van der Waals surface area contributed by atoms with Crippen molar-refractivity contribution in [2.45, 2.75) is 26.3 Å². The number of nitrogens with zero attached hydrogens (tertiary/aromatic N) is 2. The van der Waals surface area contributed by atoms with Crippen LogP contribution in [0.2, 0.25) is 4.34 Å². The number of hydrogen-bond donors (Lipinski definition) is 0. The Hall–Kier alpha value is -0.560. The number of rotatable bonds is 6. The van der Waals surface area contributed by atoms with Crippen molar-refractivity contribution in [1.82, 2.24) is 4.90 Å². The van der Waals surface area contributed by atoms with Crippen LogP contribution in [0.3, 0.4) is 0 Å². The van der Waals surface area contributed by atoms with E-state index in [0.717, 1.165) is 30.4 Å². The summed E-state index contributed by atoms with van der Waals surface area (Å²) in [4.78, 5) is 3.62. The molecule has 0 saturated heterocycles. The number of thiophene rings is 1. The summed E-state index contributed by atoms with van der Waals surface area (Å²) in [7, 11) is 0. The van der Waals surface area contributed by atoms with Crippen molar-refractivity contribution in [3.05, 3.63) is 21.3 Å². The summed E-state index contributed by atoms with van der Waals surface area (Å²) in [6.45, 7) is 5.08. The van der Waals surface area contributed by atoms with E-state index < -0.39 is 0 Å². The third-order valence-corrected chi connectivity index (χ3v) is 3.43. The Balaban J connectivity index is 2.37. The van der Waals surface area contributed by atoms with Gasteiger partial charge in [-0.15, -0.1) is 11.3 Å². The standard InChI is InChI=1S/C11H15ClN2S/c1-2-14(8-4-3-7-13)9-10-5-6-11(12)15-10/h5-6H,2-4,8-9H2,1H3. The fourth-order valence-electron chi connectivity index (χ4n) is 1.39. The topological polar surface area (TPSA) is 27.0 Å². The highest BCUT2D eigenvalue weighted by Crippen LogP contribution is 2.22. The molecule has 0 aliphatic rings. The molecule has 15 heavy (non-hydrogen) atoms. The maximum atomic E-state index is 8.46. The molecule has 0 atom stereocenters. The van der Waals surface area contributed by atoms with Gasteiger partial charge in [-0.05, 0) is 31.6 Å². The third kappa shape index (κ3) is 4.65. The fourth-order valence-corrected chi connectivity index (χ4v) is 2.52. The minimum atomic E-state index is 0.641. The van der Waals surface area contributed by atoms with Crippen molar-refractivity contribution in [3.8, 4) is 6.07 Å². The van der Waals surface area contributed by atoms with Gasteiger partial charge in [-0.25, -0.2) is 0 Å². The predicted molar refractivity (Wildman–Crippen MR) is 65.1 cm³/mol. The number of unbranched alkanes of at least 4 members (excludes halogenated alkanes) is 1. The van der Waals surface area contributed by atoms with Crippen LogP contribution in [0, 0.1) is 11.3 Å². The highest BCUT2D eigenvalue weighted by atomic mass is 35.5. The molecule has 0 amide bonds. The van der Waals surface area contributed by atoms with Gasteiger partial charge >= 0.3 is 0 Å². The number of halogens is 1. The normalized spacial score (nSPS) is 10.5. The lowest BCUT2D eigenvalue weighted by atomic mass is 10.3. The molecule has 0 aliphatic heterocycles. The third-order valence-electron chi connectivity index (χ3n) is 2.22. The molecule has 0 spiro atoms. The summed E-state index contributed by atoms with van der Waals surface area (Å²) >= 11 is 7.50.